The number of anilines is 1. The van der Waals surface area contributed by atoms with Gasteiger partial charge >= 0.3 is 0 Å². The maximum atomic E-state index is 13.1. The molecule has 146 valence electrons. The third-order valence-corrected chi connectivity index (χ3v) is 6.96. The van der Waals surface area contributed by atoms with Crippen molar-refractivity contribution in [2.45, 2.75) is 56.5 Å². The Morgan fingerprint density at radius 1 is 1.07 bits per heavy atom. The lowest BCUT2D eigenvalue weighted by molar-refractivity contribution is 0.0997. The first-order chi connectivity index (χ1) is 13.8. The van der Waals surface area contributed by atoms with E-state index in [2.05, 4.69) is 18.3 Å². The van der Waals surface area contributed by atoms with Gasteiger partial charge in [-0.1, -0.05) is 62.6 Å². The number of thioether (sulfide) groups is 1. The van der Waals surface area contributed by atoms with Crippen molar-refractivity contribution in [1.29, 1.82) is 0 Å². The van der Waals surface area contributed by atoms with Gasteiger partial charge in [0, 0.05) is 27.6 Å². The molecule has 1 fully saturated rings. The molecule has 0 spiro atoms. The lowest BCUT2D eigenvalue weighted by Gasteiger charge is -2.20. The van der Waals surface area contributed by atoms with Crippen molar-refractivity contribution in [3.05, 3.63) is 65.4 Å². The Morgan fingerprint density at radius 3 is 2.64 bits per heavy atom. The summed E-state index contributed by atoms with van der Waals surface area (Å²) in [5.74, 6) is 1.12. The highest BCUT2D eigenvalue weighted by Gasteiger charge is 2.23. The molecular formula is C24H27NO2S. The summed E-state index contributed by atoms with van der Waals surface area (Å²) in [5, 5.41) is 4.82. The first-order valence-electron chi connectivity index (χ1n) is 10.3. The van der Waals surface area contributed by atoms with E-state index in [4.69, 9.17) is 4.42 Å². The smallest absolute Gasteiger partial charge is 0.291 e. The summed E-state index contributed by atoms with van der Waals surface area (Å²) < 4.78 is 6.02. The zero-order chi connectivity index (χ0) is 19.3. The van der Waals surface area contributed by atoms with Gasteiger partial charge in [-0.15, -0.1) is 0 Å². The van der Waals surface area contributed by atoms with Crippen LogP contribution in [0.2, 0.25) is 0 Å². The van der Waals surface area contributed by atoms with Crippen molar-refractivity contribution in [3.8, 4) is 0 Å². The van der Waals surface area contributed by atoms with Gasteiger partial charge in [-0.2, -0.15) is 11.8 Å². The number of carbonyl (C=O) groups excluding carboxylic acids is 1. The van der Waals surface area contributed by atoms with Gasteiger partial charge < -0.3 is 9.73 Å². The lowest BCUT2D eigenvalue weighted by atomic mass is 10.0. The maximum Gasteiger partial charge on any atom is 0.291 e. The summed E-state index contributed by atoms with van der Waals surface area (Å²) >= 11 is 1.98. The van der Waals surface area contributed by atoms with Crippen LogP contribution < -0.4 is 5.32 Å². The highest BCUT2D eigenvalue weighted by Crippen LogP contribution is 2.35. The topological polar surface area (TPSA) is 42.2 Å². The molecule has 3 aromatic rings. The molecule has 0 atom stereocenters. The van der Waals surface area contributed by atoms with Crippen LogP contribution in [0.25, 0.3) is 11.0 Å². The van der Waals surface area contributed by atoms with E-state index >= 15 is 0 Å². The van der Waals surface area contributed by atoms with Gasteiger partial charge in [0.1, 0.15) is 5.58 Å². The van der Waals surface area contributed by atoms with Crippen LogP contribution in [0.4, 0.5) is 5.69 Å². The molecule has 1 aliphatic rings. The predicted octanol–water partition coefficient (Wildman–Crippen LogP) is 6.81. The van der Waals surface area contributed by atoms with Crippen LogP contribution in [0.3, 0.4) is 0 Å². The van der Waals surface area contributed by atoms with E-state index in [1.165, 1.54) is 32.1 Å². The second-order valence-corrected chi connectivity index (χ2v) is 8.73. The molecule has 1 heterocycles. The number of nitrogens with one attached hydrogen (secondary N) is 1. The molecule has 0 unspecified atom stereocenters. The van der Waals surface area contributed by atoms with E-state index in [-0.39, 0.29) is 5.91 Å². The number of hydrogen-bond donors (Lipinski definition) is 1. The molecule has 0 radical (unpaired) electrons. The van der Waals surface area contributed by atoms with E-state index in [0.717, 1.165) is 40.0 Å². The monoisotopic (exact) mass is 393 g/mol. The fraction of sp³-hybridized carbons (Fsp3) is 0.375. The molecule has 1 N–H and O–H groups in total. The standard InChI is InChI=1S/C24H27NO2S/c1-2-17-10-6-8-14-21(17)25-24(26)23-20(16-28-18-11-4-3-5-12-18)19-13-7-9-15-22(19)27-23/h6-10,13-15,18H,2-5,11-12,16H2,1H3,(H,25,26). The molecule has 1 aliphatic carbocycles. The number of benzene rings is 2. The van der Waals surface area contributed by atoms with Crippen molar-refractivity contribution in [2.75, 3.05) is 5.32 Å². The SMILES string of the molecule is CCc1ccccc1NC(=O)c1oc2ccccc2c1CSC1CCCCC1. The molecule has 4 rings (SSSR count). The van der Waals surface area contributed by atoms with E-state index < -0.39 is 0 Å². The number of amides is 1. The normalized spacial score (nSPS) is 15.0. The first-order valence-corrected chi connectivity index (χ1v) is 11.3. The molecule has 1 aromatic heterocycles. The van der Waals surface area contributed by atoms with Crippen molar-refractivity contribution < 1.29 is 9.21 Å². The minimum atomic E-state index is -0.156. The Morgan fingerprint density at radius 2 is 1.82 bits per heavy atom. The van der Waals surface area contributed by atoms with Crippen LogP contribution in [-0.4, -0.2) is 11.2 Å². The minimum Gasteiger partial charge on any atom is -0.451 e. The van der Waals surface area contributed by atoms with E-state index in [1.807, 2.05) is 54.2 Å². The van der Waals surface area contributed by atoms with Crippen LogP contribution in [0, 0.1) is 0 Å². The fourth-order valence-electron chi connectivity index (χ4n) is 3.99. The summed E-state index contributed by atoms with van der Waals surface area (Å²) in [6.07, 6.45) is 7.45. The zero-order valence-electron chi connectivity index (χ0n) is 16.4. The molecule has 4 heteroatoms. The van der Waals surface area contributed by atoms with E-state index in [0.29, 0.717) is 11.0 Å². The lowest BCUT2D eigenvalue weighted by Crippen LogP contribution is -2.14. The van der Waals surface area contributed by atoms with Crippen molar-refractivity contribution in [3.63, 3.8) is 0 Å². The Labute approximate surface area is 170 Å². The van der Waals surface area contributed by atoms with Crippen molar-refractivity contribution in [2.24, 2.45) is 0 Å². The van der Waals surface area contributed by atoms with Crippen LogP contribution in [0.5, 0.6) is 0 Å². The molecular weight excluding hydrogens is 366 g/mol. The Balaban J connectivity index is 1.61. The molecule has 0 bridgehead atoms. The molecule has 2 aromatic carbocycles. The van der Waals surface area contributed by atoms with Gasteiger partial charge in [0.25, 0.3) is 5.91 Å². The van der Waals surface area contributed by atoms with Gasteiger partial charge in [-0.25, -0.2) is 0 Å². The Hall–Kier alpha value is -2.20. The van der Waals surface area contributed by atoms with Gasteiger partial charge in [-0.05, 0) is 37.0 Å². The molecule has 0 saturated heterocycles. The molecule has 0 aliphatic heterocycles. The summed E-state index contributed by atoms with van der Waals surface area (Å²) in [6.45, 7) is 2.10. The molecule has 28 heavy (non-hydrogen) atoms. The van der Waals surface area contributed by atoms with Gasteiger partial charge in [-0.3, -0.25) is 4.79 Å². The molecule has 3 nitrogen and oxygen atoms in total. The largest absolute Gasteiger partial charge is 0.451 e. The van der Waals surface area contributed by atoms with Crippen LogP contribution in [-0.2, 0) is 12.2 Å². The van der Waals surface area contributed by atoms with Crippen molar-refractivity contribution in [1.82, 2.24) is 0 Å². The summed E-state index contributed by atoms with van der Waals surface area (Å²) in [6, 6.07) is 15.9. The summed E-state index contributed by atoms with van der Waals surface area (Å²) in [4.78, 5) is 13.1. The average molecular weight is 394 g/mol. The number of fused-ring (bicyclic) bond motifs is 1. The summed E-state index contributed by atoms with van der Waals surface area (Å²) in [5.41, 5.74) is 3.81. The second-order valence-electron chi connectivity index (χ2n) is 7.44. The second kappa shape index (κ2) is 8.87. The number of para-hydroxylation sites is 2. The number of furan rings is 1. The minimum absolute atomic E-state index is 0.156. The van der Waals surface area contributed by atoms with Gasteiger partial charge in [0.05, 0.1) is 0 Å². The first kappa shape index (κ1) is 19.1. The van der Waals surface area contributed by atoms with Gasteiger partial charge in [0.2, 0.25) is 0 Å². The molecule has 1 amide bonds. The third-order valence-electron chi connectivity index (χ3n) is 5.57. The molecule has 1 saturated carbocycles. The third kappa shape index (κ3) is 4.12. The number of aryl methyl sites for hydroxylation is 1. The zero-order valence-corrected chi connectivity index (χ0v) is 17.2. The highest BCUT2D eigenvalue weighted by atomic mass is 32.2. The Bertz CT molecular complexity index is 956. The van der Waals surface area contributed by atoms with Crippen LogP contribution in [0.15, 0.2) is 52.9 Å². The number of carbonyl (C=O) groups is 1. The highest BCUT2D eigenvalue weighted by molar-refractivity contribution is 7.99. The fourth-order valence-corrected chi connectivity index (χ4v) is 5.34. The van der Waals surface area contributed by atoms with Crippen LogP contribution in [0.1, 0.15) is 60.7 Å². The maximum absolute atomic E-state index is 13.1. The van der Waals surface area contributed by atoms with Crippen molar-refractivity contribution >= 4 is 34.3 Å². The average Bonchev–Trinajstić information content (AvgIpc) is 3.12. The van der Waals surface area contributed by atoms with Crippen LogP contribution >= 0.6 is 11.8 Å². The number of rotatable bonds is 6. The van der Waals surface area contributed by atoms with E-state index in [1.54, 1.807) is 0 Å². The Kier molecular flexibility index (Phi) is 6.06. The van der Waals surface area contributed by atoms with E-state index in [9.17, 15) is 4.79 Å². The number of hydrogen-bond acceptors (Lipinski definition) is 3. The predicted molar refractivity (Wildman–Crippen MR) is 118 cm³/mol. The van der Waals surface area contributed by atoms with Gasteiger partial charge in [0.15, 0.2) is 5.76 Å². The summed E-state index contributed by atoms with van der Waals surface area (Å²) in [7, 11) is 0. The quantitative estimate of drug-likeness (QED) is 0.500.